The molecule has 146 valence electrons. The number of carbonyl (C=O) groups is 2. The SMILES string of the molecule is O=C1NC2(CCN(Cc3ccccc3F)CC2)C(=O)N1Cc1ccc(F)cc1. The number of nitrogens with one attached hydrogen (secondary N) is 1. The Bertz CT molecular complexity index is 893. The summed E-state index contributed by atoms with van der Waals surface area (Å²) in [5.74, 6) is -0.842. The highest BCUT2D eigenvalue weighted by Gasteiger charge is 2.52. The van der Waals surface area contributed by atoms with E-state index in [-0.39, 0.29) is 24.1 Å². The maximum atomic E-state index is 13.9. The zero-order valence-corrected chi connectivity index (χ0v) is 15.3. The third-order valence-corrected chi connectivity index (χ3v) is 5.56. The van der Waals surface area contributed by atoms with Crippen LogP contribution in [0, 0.1) is 11.6 Å². The Morgan fingerprint density at radius 3 is 2.29 bits per heavy atom. The molecular weight excluding hydrogens is 364 g/mol. The van der Waals surface area contributed by atoms with Crippen molar-refractivity contribution in [3.8, 4) is 0 Å². The van der Waals surface area contributed by atoms with Crippen LogP contribution >= 0.6 is 0 Å². The molecule has 5 nitrogen and oxygen atoms in total. The van der Waals surface area contributed by atoms with Crippen molar-refractivity contribution in [1.82, 2.24) is 15.1 Å². The quantitative estimate of drug-likeness (QED) is 0.823. The fourth-order valence-corrected chi connectivity index (χ4v) is 3.89. The van der Waals surface area contributed by atoms with Crippen LogP contribution in [0.2, 0.25) is 0 Å². The van der Waals surface area contributed by atoms with Crippen molar-refractivity contribution >= 4 is 11.9 Å². The van der Waals surface area contributed by atoms with E-state index < -0.39 is 11.6 Å². The molecule has 0 bridgehead atoms. The van der Waals surface area contributed by atoms with E-state index in [9.17, 15) is 18.4 Å². The molecule has 2 aromatic rings. The van der Waals surface area contributed by atoms with Crippen molar-refractivity contribution in [2.24, 2.45) is 0 Å². The van der Waals surface area contributed by atoms with Crippen LogP contribution in [0.15, 0.2) is 48.5 Å². The Hall–Kier alpha value is -2.80. The summed E-state index contributed by atoms with van der Waals surface area (Å²) >= 11 is 0. The summed E-state index contributed by atoms with van der Waals surface area (Å²) in [5.41, 5.74) is 0.417. The molecule has 2 fully saturated rings. The topological polar surface area (TPSA) is 52.7 Å². The van der Waals surface area contributed by atoms with Crippen molar-refractivity contribution < 1.29 is 18.4 Å². The number of amides is 3. The Kier molecular flexibility index (Phi) is 4.85. The number of hydrogen-bond acceptors (Lipinski definition) is 3. The highest BCUT2D eigenvalue weighted by molar-refractivity contribution is 6.07. The first-order chi connectivity index (χ1) is 13.5. The molecule has 0 atom stereocenters. The third kappa shape index (κ3) is 3.49. The molecule has 4 rings (SSSR count). The minimum absolute atomic E-state index is 0.117. The molecule has 0 unspecified atom stereocenters. The number of piperidine rings is 1. The highest BCUT2D eigenvalue weighted by Crippen LogP contribution is 2.31. The maximum absolute atomic E-state index is 13.9. The van der Waals surface area contributed by atoms with Gasteiger partial charge in [0.05, 0.1) is 6.54 Å². The zero-order chi connectivity index (χ0) is 19.7. The number of carbonyl (C=O) groups excluding carboxylic acids is 2. The molecule has 0 saturated carbocycles. The van der Waals surface area contributed by atoms with E-state index >= 15 is 0 Å². The molecule has 0 aliphatic carbocycles. The number of likely N-dealkylation sites (tertiary alicyclic amines) is 1. The van der Waals surface area contributed by atoms with Crippen LogP contribution < -0.4 is 5.32 Å². The summed E-state index contributed by atoms with van der Waals surface area (Å²) in [7, 11) is 0. The van der Waals surface area contributed by atoms with E-state index in [0.717, 1.165) is 0 Å². The second-order valence-electron chi connectivity index (χ2n) is 7.40. The van der Waals surface area contributed by atoms with Crippen LogP contribution in [0.4, 0.5) is 13.6 Å². The van der Waals surface area contributed by atoms with E-state index in [4.69, 9.17) is 0 Å². The molecule has 28 heavy (non-hydrogen) atoms. The smallest absolute Gasteiger partial charge is 0.323 e. The van der Waals surface area contributed by atoms with Crippen LogP contribution in [0.25, 0.3) is 0 Å². The molecule has 0 aromatic heterocycles. The number of nitrogens with zero attached hydrogens (tertiary/aromatic N) is 2. The number of rotatable bonds is 4. The summed E-state index contributed by atoms with van der Waals surface area (Å²) in [6.45, 7) is 1.77. The standard InChI is InChI=1S/C21H21F2N3O2/c22-17-7-5-15(6-8-17)13-26-19(27)21(24-20(26)28)9-11-25(12-10-21)14-16-3-1-2-4-18(16)23/h1-8H,9-14H2,(H,24,28). The molecule has 2 aromatic carbocycles. The molecular formula is C21H21F2N3O2. The summed E-state index contributed by atoms with van der Waals surface area (Å²) in [6, 6.07) is 12.0. The first kappa shape index (κ1) is 18.6. The zero-order valence-electron chi connectivity index (χ0n) is 15.3. The van der Waals surface area contributed by atoms with Crippen LogP contribution in [-0.4, -0.2) is 40.4 Å². The van der Waals surface area contributed by atoms with Gasteiger partial charge in [0.25, 0.3) is 5.91 Å². The van der Waals surface area contributed by atoms with Gasteiger partial charge in [-0.2, -0.15) is 0 Å². The van der Waals surface area contributed by atoms with E-state index in [1.54, 1.807) is 30.3 Å². The van der Waals surface area contributed by atoms with Gasteiger partial charge in [0.1, 0.15) is 17.2 Å². The first-order valence-corrected chi connectivity index (χ1v) is 9.31. The Labute approximate surface area is 161 Å². The second-order valence-corrected chi connectivity index (χ2v) is 7.40. The second kappa shape index (κ2) is 7.31. The number of halogens is 2. The Morgan fingerprint density at radius 2 is 1.61 bits per heavy atom. The summed E-state index contributed by atoms with van der Waals surface area (Å²) in [6.07, 6.45) is 0.956. The van der Waals surface area contributed by atoms with Gasteiger partial charge in [-0.05, 0) is 36.6 Å². The predicted octanol–water partition coefficient (Wildman–Crippen LogP) is 3.05. The largest absolute Gasteiger partial charge is 0.325 e. The highest BCUT2D eigenvalue weighted by atomic mass is 19.1. The molecule has 2 aliphatic heterocycles. The molecule has 2 heterocycles. The fourth-order valence-electron chi connectivity index (χ4n) is 3.89. The number of hydrogen-bond donors (Lipinski definition) is 1. The fraction of sp³-hybridized carbons (Fsp3) is 0.333. The molecule has 1 N–H and O–H groups in total. The normalized spacial score (nSPS) is 19.3. The Balaban J connectivity index is 1.41. The van der Waals surface area contributed by atoms with Gasteiger partial charge in [0.2, 0.25) is 0 Å². The average molecular weight is 385 g/mol. The van der Waals surface area contributed by atoms with Crippen molar-refractivity contribution in [2.75, 3.05) is 13.1 Å². The predicted molar refractivity (Wildman–Crippen MR) is 99.1 cm³/mol. The van der Waals surface area contributed by atoms with Crippen molar-refractivity contribution in [3.63, 3.8) is 0 Å². The lowest BCUT2D eigenvalue weighted by molar-refractivity contribution is -0.133. The maximum Gasteiger partial charge on any atom is 0.325 e. The van der Waals surface area contributed by atoms with Crippen molar-refractivity contribution in [2.45, 2.75) is 31.5 Å². The van der Waals surface area contributed by atoms with E-state index in [1.165, 1.54) is 23.1 Å². The van der Waals surface area contributed by atoms with Crippen LogP contribution in [0.5, 0.6) is 0 Å². The van der Waals surface area contributed by atoms with Gasteiger partial charge in [0.15, 0.2) is 0 Å². The van der Waals surface area contributed by atoms with Gasteiger partial charge in [-0.1, -0.05) is 30.3 Å². The lowest BCUT2D eigenvalue weighted by Gasteiger charge is -2.37. The third-order valence-electron chi connectivity index (χ3n) is 5.56. The van der Waals surface area contributed by atoms with Gasteiger partial charge in [0, 0.05) is 25.2 Å². The van der Waals surface area contributed by atoms with E-state index in [0.29, 0.717) is 43.6 Å². The summed E-state index contributed by atoms with van der Waals surface area (Å²) < 4.78 is 26.9. The number of urea groups is 1. The van der Waals surface area contributed by atoms with Gasteiger partial charge in [-0.15, -0.1) is 0 Å². The van der Waals surface area contributed by atoms with Crippen LogP contribution in [0.1, 0.15) is 24.0 Å². The van der Waals surface area contributed by atoms with Gasteiger partial charge in [-0.25, -0.2) is 13.6 Å². The lowest BCUT2D eigenvalue weighted by atomic mass is 9.87. The van der Waals surface area contributed by atoms with E-state index in [1.807, 2.05) is 0 Å². The molecule has 2 saturated heterocycles. The molecule has 1 spiro atoms. The molecule has 7 heteroatoms. The van der Waals surface area contributed by atoms with E-state index in [2.05, 4.69) is 10.2 Å². The minimum Gasteiger partial charge on any atom is -0.323 e. The Morgan fingerprint density at radius 1 is 0.929 bits per heavy atom. The van der Waals surface area contributed by atoms with Gasteiger partial charge >= 0.3 is 6.03 Å². The minimum atomic E-state index is -0.900. The number of imide groups is 1. The summed E-state index contributed by atoms with van der Waals surface area (Å²) in [4.78, 5) is 28.7. The van der Waals surface area contributed by atoms with Crippen LogP contribution in [0.3, 0.4) is 0 Å². The van der Waals surface area contributed by atoms with Crippen molar-refractivity contribution in [3.05, 3.63) is 71.3 Å². The van der Waals surface area contributed by atoms with Gasteiger partial charge in [-0.3, -0.25) is 14.6 Å². The lowest BCUT2D eigenvalue weighted by Crippen LogP contribution is -2.54. The average Bonchev–Trinajstić information content (AvgIpc) is 2.91. The monoisotopic (exact) mass is 385 g/mol. The van der Waals surface area contributed by atoms with Crippen LogP contribution in [-0.2, 0) is 17.9 Å². The molecule has 0 radical (unpaired) electrons. The molecule has 2 aliphatic rings. The van der Waals surface area contributed by atoms with Gasteiger partial charge < -0.3 is 5.32 Å². The molecule has 3 amide bonds. The number of benzene rings is 2. The first-order valence-electron chi connectivity index (χ1n) is 9.31. The summed E-state index contributed by atoms with van der Waals surface area (Å²) in [5, 5.41) is 2.86. The van der Waals surface area contributed by atoms with Crippen molar-refractivity contribution in [1.29, 1.82) is 0 Å².